The molecule has 0 bridgehead atoms. The van der Waals surface area contributed by atoms with Crippen LogP contribution in [0.5, 0.6) is 11.5 Å². The molecule has 1 heterocycles. The van der Waals surface area contributed by atoms with E-state index in [0.29, 0.717) is 30.3 Å². The highest BCUT2D eigenvalue weighted by Crippen LogP contribution is 2.31. The van der Waals surface area contributed by atoms with Crippen molar-refractivity contribution in [2.75, 3.05) is 23.3 Å². The number of amides is 1. The van der Waals surface area contributed by atoms with Crippen LogP contribution in [-0.4, -0.2) is 27.5 Å². The van der Waals surface area contributed by atoms with E-state index in [1.807, 2.05) is 0 Å². The molecule has 4 rings (SSSR count). The molecule has 154 valence electrons. The van der Waals surface area contributed by atoms with Gasteiger partial charge in [-0.05, 0) is 48.5 Å². The van der Waals surface area contributed by atoms with Crippen molar-refractivity contribution >= 4 is 27.3 Å². The predicted molar refractivity (Wildman–Crippen MR) is 109 cm³/mol. The number of hydrogen-bond acceptors (Lipinski definition) is 5. The Balaban J connectivity index is 1.53. The summed E-state index contributed by atoms with van der Waals surface area (Å²) in [5, 5.41) is 2.65. The van der Waals surface area contributed by atoms with Crippen LogP contribution in [0.25, 0.3) is 0 Å². The molecule has 0 saturated carbocycles. The highest BCUT2D eigenvalue weighted by atomic mass is 32.2. The Morgan fingerprint density at radius 1 is 0.900 bits per heavy atom. The van der Waals surface area contributed by atoms with E-state index in [9.17, 15) is 17.6 Å². The van der Waals surface area contributed by atoms with Gasteiger partial charge < -0.3 is 14.8 Å². The van der Waals surface area contributed by atoms with Crippen LogP contribution in [0.2, 0.25) is 0 Å². The number of carbonyl (C=O) groups is 1. The first-order valence-electron chi connectivity index (χ1n) is 9.01. The molecule has 0 radical (unpaired) electrons. The average Bonchev–Trinajstić information content (AvgIpc) is 2.75. The van der Waals surface area contributed by atoms with E-state index in [0.717, 1.165) is 6.07 Å². The summed E-state index contributed by atoms with van der Waals surface area (Å²) in [4.78, 5) is 12.5. The van der Waals surface area contributed by atoms with Gasteiger partial charge >= 0.3 is 0 Å². The summed E-state index contributed by atoms with van der Waals surface area (Å²) in [6.07, 6.45) is 0. The molecule has 0 fully saturated rings. The monoisotopic (exact) mass is 428 g/mol. The number of para-hydroxylation sites is 1. The van der Waals surface area contributed by atoms with Gasteiger partial charge in [-0.2, -0.15) is 0 Å². The number of hydrogen-bond donors (Lipinski definition) is 2. The standard InChI is InChI=1S/C21H17FN2O5S/c22-17-6-1-2-7-18(17)24-30(26,27)16-5-3-4-15(13-16)23-21(25)14-8-9-19-20(12-14)29-11-10-28-19/h1-9,12-13,24H,10-11H2,(H,23,25). The van der Waals surface area contributed by atoms with Crippen molar-refractivity contribution in [1.82, 2.24) is 0 Å². The molecule has 1 aliphatic heterocycles. The summed E-state index contributed by atoms with van der Waals surface area (Å²) in [6, 6.07) is 15.9. The number of ether oxygens (including phenoxy) is 2. The normalized spacial score (nSPS) is 12.8. The second kappa shape index (κ2) is 8.03. The van der Waals surface area contributed by atoms with Gasteiger partial charge in [0.15, 0.2) is 11.5 Å². The second-order valence-corrected chi connectivity index (χ2v) is 8.11. The third-order valence-corrected chi connectivity index (χ3v) is 5.69. The van der Waals surface area contributed by atoms with Gasteiger partial charge in [0.1, 0.15) is 19.0 Å². The number of benzene rings is 3. The summed E-state index contributed by atoms with van der Waals surface area (Å²) in [6.45, 7) is 0.841. The van der Waals surface area contributed by atoms with Gasteiger partial charge in [0, 0.05) is 11.3 Å². The topological polar surface area (TPSA) is 93.7 Å². The number of halogens is 1. The van der Waals surface area contributed by atoms with Crippen LogP contribution in [0.15, 0.2) is 71.6 Å². The van der Waals surface area contributed by atoms with Crippen LogP contribution in [0, 0.1) is 5.82 Å². The fraction of sp³-hybridized carbons (Fsp3) is 0.0952. The van der Waals surface area contributed by atoms with E-state index >= 15 is 0 Å². The lowest BCUT2D eigenvalue weighted by atomic mass is 10.1. The van der Waals surface area contributed by atoms with Crippen LogP contribution in [-0.2, 0) is 10.0 Å². The largest absolute Gasteiger partial charge is 0.486 e. The van der Waals surface area contributed by atoms with E-state index in [1.165, 1.54) is 36.4 Å². The van der Waals surface area contributed by atoms with E-state index in [2.05, 4.69) is 10.0 Å². The maximum Gasteiger partial charge on any atom is 0.262 e. The minimum absolute atomic E-state index is 0.120. The molecule has 0 aromatic heterocycles. The average molecular weight is 428 g/mol. The predicted octanol–water partition coefficient (Wildman–Crippen LogP) is 3.65. The molecule has 0 spiro atoms. The van der Waals surface area contributed by atoms with Crippen molar-refractivity contribution in [3.63, 3.8) is 0 Å². The highest BCUT2D eigenvalue weighted by Gasteiger charge is 2.18. The Morgan fingerprint density at radius 2 is 1.67 bits per heavy atom. The number of anilines is 2. The Hall–Kier alpha value is -3.59. The van der Waals surface area contributed by atoms with Crippen molar-refractivity contribution in [2.24, 2.45) is 0 Å². The van der Waals surface area contributed by atoms with Gasteiger partial charge in [0.25, 0.3) is 15.9 Å². The first-order valence-corrected chi connectivity index (χ1v) is 10.5. The second-order valence-electron chi connectivity index (χ2n) is 6.43. The number of fused-ring (bicyclic) bond motifs is 1. The van der Waals surface area contributed by atoms with Crippen molar-refractivity contribution in [1.29, 1.82) is 0 Å². The van der Waals surface area contributed by atoms with Crippen molar-refractivity contribution in [3.8, 4) is 11.5 Å². The Bertz CT molecular complexity index is 1210. The van der Waals surface area contributed by atoms with E-state index in [-0.39, 0.29) is 16.3 Å². The molecule has 1 amide bonds. The smallest absolute Gasteiger partial charge is 0.262 e. The summed E-state index contributed by atoms with van der Waals surface area (Å²) in [7, 11) is -4.05. The third kappa shape index (κ3) is 4.20. The van der Waals surface area contributed by atoms with Gasteiger partial charge in [0.2, 0.25) is 0 Å². The maximum atomic E-state index is 13.8. The van der Waals surface area contributed by atoms with E-state index in [1.54, 1.807) is 24.3 Å². The molecule has 7 nitrogen and oxygen atoms in total. The molecule has 0 aliphatic carbocycles. The molecule has 9 heteroatoms. The van der Waals surface area contributed by atoms with Gasteiger partial charge in [-0.1, -0.05) is 18.2 Å². The molecule has 30 heavy (non-hydrogen) atoms. The Labute approximate surface area is 172 Å². The first-order chi connectivity index (χ1) is 14.4. The van der Waals surface area contributed by atoms with E-state index < -0.39 is 21.7 Å². The lowest BCUT2D eigenvalue weighted by molar-refractivity contribution is 0.102. The highest BCUT2D eigenvalue weighted by molar-refractivity contribution is 7.92. The first kappa shape index (κ1) is 19.7. The summed E-state index contributed by atoms with van der Waals surface area (Å²) in [5.41, 5.74) is 0.437. The number of sulfonamides is 1. The zero-order valence-electron chi connectivity index (χ0n) is 15.6. The Kier molecular flexibility index (Phi) is 5.28. The van der Waals surface area contributed by atoms with Crippen LogP contribution >= 0.6 is 0 Å². The SMILES string of the molecule is O=C(Nc1cccc(S(=O)(=O)Nc2ccccc2F)c1)c1ccc2c(c1)OCCO2. The van der Waals surface area contributed by atoms with Crippen LogP contribution < -0.4 is 19.5 Å². The molecule has 2 N–H and O–H groups in total. The zero-order valence-corrected chi connectivity index (χ0v) is 16.4. The van der Waals surface area contributed by atoms with Crippen molar-refractivity contribution < 1.29 is 27.1 Å². The quantitative estimate of drug-likeness (QED) is 0.647. The lowest BCUT2D eigenvalue weighted by Crippen LogP contribution is -2.17. The van der Waals surface area contributed by atoms with Crippen molar-refractivity contribution in [3.05, 3.63) is 78.1 Å². The molecule has 0 unspecified atom stereocenters. The third-order valence-electron chi connectivity index (χ3n) is 4.32. The number of nitrogens with one attached hydrogen (secondary N) is 2. The van der Waals surface area contributed by atoms with Crippen LogP contribution in [0.4, 0.5) is 15.8 Å². The molecular weight excluding hydrogens is 411 g/mol. The summed E-state index contributed by atoms with van der Waals surface area (Å²) in [5.74, 6) is -0.0999. The van der Waals surface area contributed by atoms with E-state index in [4.69, 9.17) is 9.47 Å². The van der Waals surface area contributed by atoms with Gasteiger partial charge in [-0.3, -0.25) is 9.52 Å². The Morgan fingerprint density at radius 3 is 2.47 bits per heavy atom. The number of carbonyl (C=O) groups excluding carboxylic acids is 1. The van der Waals surface area contributed by atoms with Crippen LogP contribution in [0.3, 0.4) is 0 Å². The fourth-order valence-corrected chi connectivity index (χ4v) is 3.99. The fourth-order valence-electron chi connectivity index (χ4n) is 2.88. The summed E-state index contributed by atoms with van der Waals surface area (Å²) < 4.78 is 52.1. The minimum atomic E-state index is -4.05. The molecule has 3 aromatic rings. The number of rotatable bonds is 5. The molecule has 0 atom stereocenters. The molecule has 3 aromatic carbocycles. The van der Waals surface area contributed by atoms with Gasteiger partial charge in [-0.25, -0.2) is 12.8 Å². The maximum absolute atomic E-state index is 13.8. The molecule has 1 aliphatic rings. The lowest BCUT2D eigenvalue weighted by Gasteiger charge is -2.18. The summed E-state index contributed by atoms with van der Waals surface area (Å²) >= 11 is 0. The van der Waals surface area contributed by atoms with Crippen molar-refractivity contribution in [2.45, 2.75) is 4.90 Å². The minimum Gasteiger partial charge on any atom is -0.486 e. The zero-order chi connectivity index (χ0) is 21.1. The van der Waals surface area contributed by atoms with Gasteiger partial charge in [0.05, 0.1) is 10.6 Å². The molecule has 0 saturated heterocycles. The van der Waals surface area contributed by atoms with Gasteiger partial charge in [-0.15, -0.1) is 0 Å². The van der Waals surface area contributed by atoms with Crippen LogP contribution in [0.1, 0.15) is 10.4 Å². The molecular formula is C21H17FN2O5S.